The van der Waals surface area contributed by atoms with Crippen LogP contribution in [0, 0.1) is 0 Å². The van der Waals surface area contributed by atoms with Crippen molar-refractivity contribution >= 4 is 11.4 Å². The maximum absolute atomic E-state index is 13.2. The number of nitrogen functional groups attached to an aromatic ring is 1. The van der Waals surface area contributed by atoms with Crippen LogP contribution in [0.2, 0.25) is 0 Å². The number of alkyl halides is 1. The fourth-order valence-corrected chi connectivity index (χ4v) is 4.13. The maximum Gasteiger partial charge on any atom is 0.131 e. The van der Waals surface area contributed by atoms with E-state index in [2.05, 4.69) is 23.7 Å². The number of nitrogens with two attached hydrogens (primary N) is 1. The first-order valence-corrected chi connectivity index (χ1v) is 10.3. The molecule has 0 spiro atoms. The molecule has 1 fully saturated rings. The molecule has 1 aromatic rings. The van der Waals surface area contributed by atoms with Crippen molar-refractivity contribution in [2.75, 3.05) is 25.4 Å². The number of hydrogen-bond acceptors (Lipinski definition) is 4. The number of rotatable bonds is 9. The Morgan fingerprint density at radius 2 is 2.00 bits per heavy atom. The summed E-state index contributed by atoms with van der Waals surface area (Å²) in [6.07, 6.45) is 8.72. The predicted octanol–water partition coefficient (Wildman–Crippen LogP) is 4.34. The van der Waals surface area contributed by atoms with Crippen molar-refractivity contribution in [1.29, 1.82) is 0 Å². The number of halogens is 1. The van der Waals surface area contributed by atoms with Crippen LogP contribution in [0.3, 0.4) is 0 Å². The first-order valence-electron chi connectivity index (χ1n) is 10.3. The molecule has 144 valence electrons. The first-order chi connectivity index (χ1) is 12.6. The van der Waals surface area contributed by atoms with Crippen LogP contribution >= 0.6 is 0 Å². The van der Waals surface area contributed by atoms with Gasteiger partial charge in [0.15, 0.2) is 0 Å². The van der Waals surface area contributed by atoms with Crippen molar-refractivity contribution in [3.8, 4) is 0 Å². The third-order valence-electron chi connectivity index (χ3n) is 5.70. The summed E-state index contributed by atoms with van der Waals surface area (Å²) in [5.41, 5.74) is 11.2. The molecular weight excluding hydrogens is 327 g/mol. The fraction of sp³-hybridized carbons (Fsp3) is 0.714. The second-order valence-corrected chi connectivity index (χ2v) is 7.89. The Labute approximate surface area is 157 Å². The third-order valence-corrected chi connectivity index (χ3v) is 5.70. The number of allylic oxidation sites excluding steroid dienone is 2. The summed E-state index contributed by atoms with van der Waals surface area (Å²) in [6.45, 7) is 6.98. The van der Waals surface area contributed by atoms with Crippen LogP contribution in [0.4, 0.5) is 10.2 Å². The summed E-state index contributed by atoms with van der Waals surface area (Å²) in [7, 11) is 0. The highest BCUT2D eigenvalue weighted by Crippen LogP contribution is 2.37. The summed E-state index contributed by atoms with van der Waals surface area (Å²) < 4.78 is 13.2. The smallest absolute Gasteiger partial charge is 0.131 e. The Morgan fingerprint density at radius 1 is 1.15 bits per heavy atom. The van der Waals surface area contributed by atoms with Gasteiger partial charge in [0.2, 0.25) is 0 Å². The van der Waals surface area contributed by atoms with Gasteiger partial charge in [0.25, 0.3) is 0 Å². The zero-order valence-corrected chi connectivity index (χ0v) is 16.4. The molecule has 0 saturated carbocycles. The highest BCUT2D eigenvalue weighted by atomic mass is 19.1. The molecule has 1 aliphatic heterocycles. The van der Waals surface area contributed by atoms with Gasteiger partial charge < -0.3 is 10.6 Å². The van der Waals surface area contributed by atoms with Crippen molar-refractivity contribution in [3.63, 3.8) is 0 Å². The highest BCUT2D eigenvalue weighted by Gasteiger charge is 2.24. The van der Waals surface area contributed by atoms with Crippen molar-refractivity contribution in [3.05, 3.63) is 22.7 Å². The van der Waals surface area contributed by atoms with Crippen LogP contribution in [0.25, 0.3) is 5.57 Å². The standard InChI is InChI=1S/C21H33FN4/c1-3-4-9-19-24-20-17(15(2)13-18(20)21(23)25-19)8-6-5-7-11-26-12-10-16(22)14-26/h16H,3-14H2,1-2H3,(H2,23,24,25)/t16-/m0/s1. The van der Waals surface area contributed by atoms with E-state index in [9.17, 15) is 4.39 Å². The summed E-state index contributed by atoms with van der Waals surface area (Å²) in [6, 6.07) is 0. The van der Waals surface area contributed by atoms with Crippen molar-refractivity contribution in [2.45, 2.75) is 77.8 Å². The average Bonchev–Trinajstić information content (AvgIpc) is 3.16. The Morgan fingerprint density at radius 3 is 2.73 bits per heavy atom. The third kappa shape index (κ3) is 4.61. The summed E-state index contributed by atoms with van der Waals surface area (Å²) in [5, 5.41) is 0. The molecule has 5 heteroatoms. The van der Waals surface area contributed by atoms with E-state index in [-0.39, 0.29) is 0 Å². The van der Waals surface area contributed by atoms with E-state index in [0.29, 0.717) is 18.8 Å². The van der Waals surface area contributed by atoms with E-state index < -0.39 is 6.17 Å². The van der Waals surface area contributed by atoms with Gasteiger partial charge in [-0.25, -0.2) is 14.4 Å². The lowest BCUT2D eigenvalue weighted by atomic mass is 10.0. The van der Waals surface area contributed by atoms with Crippen LogP contribution in [-0.4, -0.2) is 40.7 Å². The van der Waals surface area contributed by atoms with Crippen LogP contribution in [-0.2, 0) is 12.8 Å². The molecule has 4 nitrogen and oxygen atoms in total. The molecule has 1 atom stereocenters. The maximum atomic E-state index is 13.2. The molecule has 3 rings (SSSR count). The molecule has 2 heterocycles. The zero-order chi connectivity index (χ0) is 18.5. The summed E-state index contributed by atoms with van der Waals surface area (Å²) in [4.78, 5) is 11.6. The van der Waals surface area contributed by atoms with E-state index in [4.69, 9.17) is 10.7 Å². The zero-order valence-electron chi connectivity index (χ0n) is 16.4. The molecule has 1 aliphatic carbocycles. The Hall–Kier alpha value is -1.49. The minimum atomic E-state index is -0.607. The van der Waals surface area contributed by atoms with E-state index in [1.54, 1.807) is 0 Å². The van der Waals surface area contributed by atoms with Gasteiger partial charge in [0.1, 0.15) is 17.8 Å². The minimum absolute atomic E-state index is 0.607. The summed E-state index contributed by atoms with van der Waals surface area (Å²) in [5.74, 6) is 1.57. The SMILES string of the molecule is CCCCc1nc(N)c2c(n1)C(CCCCCN1CC[C@H](F)C1)=C(C)C2. The first kappa shape index (κ1) is 19.3. The minimum Gasteiger partial charge on any atom is -0.383 e. The van der Waals surface area contributed by atoms with Gasteiger partial charge in [-0.05, 0) is 57.6 Å². The predicted molar refractivity (Wildman–Crippen MR) is 106 cm³/mol. The van der Waals surface area contributed by atoms with Gasteiger partial charge in [-0.3, -0.25) is 0 Å². The van der Waals surface area contributed by atoms with E-state index in [1.807, 2.05) is 0 Å². The van der Waals surface area contributed by atoms with Gasteiger partial charge in [0, 0.05) is 25.1 Å². The number of aromatic nitrogens is 2. The van der Waals surface area contributed by atoms with Crippen molar-refractivity contribution in [2.24, 2.45) is 0 Å². The van der Waals surface area contributed by atoms with Gasteiger partial charge >= 0.3 is 0 Å². The van der Waals surface area contributed by atoms with Gasteiger partial charge in [0.05, 0.1) is 5.69 Å². The molecule has 0 bridgehead atoms. The van der Waals surface area contributed by atoms with E-state index in [1.165, 1.54) is 17.6 Å². The monoisotopic (exact) mass is 360 g/mol. The Balaban J connectivity index is 1.52. The van der Waals surface area contributed by atoms with Crippen LogP contribution < -0.4 is 5.73 Å². The number of nitrogens with zero attached hydrogens (tertiary/aromatic N) is 3. The molecule has 0 amide bonds. The lowest BCUT2D eigenvalue weighted by Gasteiger charge is -2.14. The molecule has 2 aliphatic rings. The quantitative estimate of drug-likeness (QED) is 0.666. The van der Waals surface area contributed by atoms with Gasteiger partial charge in [-0.1, -0.05) is 25.3 Å². The number of unbranched alkanes of at least 4 members (excludes halogenated alkanes) is 3. The molecule has 0 radical (unpaired) electrons. The molecule has 0 aromatic carbocycles. The van der Waals surface area contributed by atoms with E-state index in [0.717, 1.165) is 75.1 Å². The number of hydrogen-bond donors (Lipinski definition) is 1. The van der Waals surface area contributed by atoms with E-state index >= 15 is 0 Å². The lowest BCUT2D eigenvalue weighted by molar-refractivity contribution is 0.283. The molecular formula is C21H33FN4. The average molecular weight is 361 g/mol. The van der Waals surface area contributed by atoms with Crippen molar-refractivity contribution < 1.29 is 4.39 Å². The van der Waals surface area contributed by atoms with Gasteiger partial charge in [-0.15, -0.1) is 0 Å². The van der Waals surface area contributed by atoms with Crippen LogP contribution in [0.15, 0.2) is 5.57 Å². The molecule has 1 saturated heterocycles. The fourth-order valence-electron chi connectivity index (χ4n) is 4.13. The van der Waals surface area contributed by atoms with Crippen LogP contribution in [0.1, 0.15) is 75.9 Å². The molecule has 2 N–H and O–H groups in total. The number of fused-ring (bicyclic) bond motifs is 1. The van der Waals surface area contributed by atoms with Gasteiger partial charge in [-0.2, -0.15) is 0 Å². The number of likely N-dealkylation sites (tertiary alicyclic amines) is 1. The van der Waals surface area contributed by atoms with Crippen LogP contribution in [0.5, 0.6) is 0 Å². The second kappa shape index (κ2) is 8.94. The van der Waals surface area contributed by atoms with Crippen molar-refractivity contribution in [1.82, 2.24) is 14.9 Å². The summed E-state index contributed by atoms with van der Waals surface area (Å²) >= 11 is 0. The largest absolute Gasteiger partial charge is 0.383 e. The number of anilines is 1. The topological polar surface area (TPSA) is 55.0 Å². The lowest BCUT2D eigenvalue weighted by Crippen LogP contribution is -2.22. The Bertz CT molecular complexity index is 656. The Kier molecular flexibility index (Phi) is 6.63. The normalized spacial score (nSPS) is 20.2. The molecule has 1 aromatic heterocycles. The number of aryl methyl sites for hydroxylation is 1. The highest BCUT2D eigenvalue weighted by molar-refractivity contribution is 5.76. The second-order valence-electron chi connectivity index (χ2n) is 7.89. The molecule has 26 heavy (non-hydrogen) atoms. The molecule has 0 unspecified atom stereocenters.